The van der Waals surface area contributed by atoms with Gasteiger partial charge in [-0.25, -0.2) is 0 Å². The summed E-state index contributed by atoms with van der Waals surface area (Å²) >= 11 is 0. The topological polar surface area (TPSA) is 24.5 Å². The molecule has 0 amide bonds. The predicted octanol–water partition coefficient (Wildman–Crippen LogP) is 1.34. The van der Waals surface area contributed by atoms with Gasteiger partial charge >= 0.3 is 0 Å². The number of hydrogen-bond acceptors (Lipinski definition) is 3. The molecule has 0 aliphatic heterocycles. The monoisotopic (exact) mass is 202 g/mol. The van der Waals surface area contributed by atoms with Crippen molar-refractivity contribution in [2.75, 3.05) is 33.9 Å². The first-order chi connectivity index (χ1) is 6.63. The quantitative estimate of drug-likeness (QED) is 0.601. The fraction of sp³-hybridized carbons (Fsp3) is 1.00. The fourth-order valence-electron chi connectivity index (χ4n) is 1.38. The lowest BCUT2D eigenvalue weighted by Crippen LogP contribution is -2.46. The van der Waals surface area contributed by atoms with Crippen LogP contribution < -0.4 is 5.32 Å². The average Bonchev–Trinajstić information content (AvgIpc) is 2.15. The standard InChI is InChI=1S/C11H26N2O/c1-6-7-12-8-11(9-14-5)13(4)10(2)3/h10-12H,6-9H2,1-5H3. The molecule has 0 saturated carbocycles. The summed E-state index contributed by atoms with van der Waals surface area (Å²) < 4.78 is 5.22. The van der Waals surface area contributed by atoms with Crippen LogP contribution in [-0.2, 0) is 4.74 Å². The molecule has 3 nitrogen and oxygen atoms in total. The van der Waals surface area contributed by atoms with E-state index in [1.165, 1.54) is 6.42 Å². The third kappa shape index (κ3) is 5.58. The minimum atomic E-state index is 0.478. The van der Waals surface area contributed by atoms with E-state index in [-0.39, 0.29) is 0 Å². The van der Waals surface area contributed by atoms with Crippen LogP contribution >= 0.6 is 0 Å². The van der Waals surface area contributed by atoms with Crippen molar-refractivity contribution < 1.29 is 4.74 Å². The molecular formula is C11H26N2O. The first-order valence-electron chi connectivity index (χ1n) is 5.55. The van der Waals surface area contributed by atoms with Crippen molar-refractivity contribution in [3.63, 3.8) is 0 Å². The number of nitrogens with zero attached hydrogens (tertiary/aromatic N) is 1. The highest BCUT2D eigenvalue weighted by atomic mass is 16.5. The van der Waals surface area contributed by atoms with E-state index in [1.54, 1.807) is 7.11 Å². The van der Waals surface area contributed by atoms with Gasteiger partial charge in [0.05, 0.1) is 6.61 Å². The summed E-state index contributed by atoms with van der Waals surface area (Å²) in [6, 6.07) is 1.05. The van der Waals surface area contributed by atoms with Crippen LogP contribution in [0.2, 0.25) is 0 Å². The van der Waals surface area contributed by atoms with E-state index in [9.17, 15) is 0 Å². The normalized spacial score (nSPS) is 13.9. The van der Waals surface area contributed by atoms with Crippen molar-refractivity contribution >= 4 is 0 Å². The summed E-state index contributed by atoms with van der Waals surface area (Å²) in [5.41, 5.74) is 0. The molecule has 0 heterocycles. The van der Waals surface area contributed by atoms with Gasteiger partial charge in [-0.2, -0.15) is 0 Å². The van der Waals surface area contributed by atoms with Crippen molar-refractivity contribution in [3.05, 3.63) is 0 Å². The maximum Gasteiger partial charge on any atom is 0.0630 e. The van der Waals surface area contributed by atoms with Gasteiger partial charge in [0.1, 0.15) is 0 Å². The highest BCUT2D eigenvalue weighted by Crippen LogP contribution is 2.01. The number of methoxy groups -OCH3 is 1. The lowest BCUT2D eigenvalue weighted by Gasteiger charge is -2.31. The number of nitrogens with one attached hydrogen (secondary N) is 1. The van der Waals surface area contributed by atoms with Gasteiger partial charge in [0.25, 0.3) is 0 Å². The molecule has 86 valence electrons. The lowest BCUT2D eigenvalue weighted by atomic mass is 10.2. The molecule has 0 rings (SSSR count). The van der Waals surface area contributed by atoms with Crippen molar-refractivity contribution in [2.45, 2.75) is 39.3 Å². The summed E-state index contributed by atoms with van der Waals surface area (Å²) in [4.78, 5) is 2.35. The zero-order chi connectivity index (χ0) is 11.0. The van der Waals surface area contributed by atoms with E-state index in [0.29, 0.717) is 12.1 Å². The van der Waals surface area contributed by atoms with E-state index in [4.69, 9.17) is 4.74 Å². The Bertz CT molecular complexity index is 128. The number of ether oxygens (including phenoxy) is 1. The van der Waals surface area contributed by atoms with Gasteiger partial charge in [0.15, 0.2) is 0 Å². The van der Waals surface area contributed by atoms with Gasteiger partial charge in [-0.3, -0.25) is 4.90 Å². The maximum absolute atomic E-state index is 5.22. The summed E-state index contributed by atoms with van der Waals surface area (Å²) in [7, 11) is 3.92. The number of hydrogen-bond donors (Lipinski definition) is 1. The molecule has 1 N–H and O–H groups in total. The van der Waals surface area contributed by atoms with Crippen molar-refractivity contribution in [2.24, 2.45) is 0 Å². The molecule has 1 atom stereocenters. The Hall–Kier alpha value is -0.120. The molecule has 0 aromatic carbocycles. The highest BCUT2D eigenvalue weighted by molar-refractivity contribution is 4.73. The molecule has 0 aromatic heterocycles. The van der Waals surface area contributed by atoms with Gasteiger partial charge in [0, 0.05) is 25.7 Å². The Labute approximate surface area is 88.8 Å². The highest BCUT2D eigenvalue weighted by Gasteiger charge is 2.16. The van der Waals surface area contributed by atoms with Crippen LogP contribution in [-0.4, -0.2) is 50.8 Å². The molecule has 0 fully saturated rings. The van der Waals surface area contributed by atoms with E-state index < -0.39 is 0 Å². The Morgan fingerprint density at radius 2 is 2.00 bits per heavy atom. The molecule has 3 heteroatoms. The SMILES string of the molecule is CCCNCC(COC)N(C)C(C)C. The molecule has 0 saturated heterocycles. The van der Waals surface area contributed by atoms with E-state index in [0.717, 1.165) is 19.7 Å². The van der Waals surface area contributed by atoms with Crippen molar-refractivity contribution in [1.82, 2.24) is 10.2 Å². The zero-order valence-electron chi connectivity index (χ0n) is 10.3. The first kappa shape index (κ1) is 13.9. The van der Waals surface area contributed by atoms with Crippen LogP contribution in [0.1, 0.15) is 27.2 Å². The van der Waals surface area contributed by atoms with Gasteiger partial charge in [0.2, 0.25) is 0 Å². The smallest absolute Gasteiger partial charge is 0.0630 e. The van der Waals surface area contributed by atoms with Gasteiger partial charge in [-0.05, 0) is 33.9 Å². The second-order valence-corrected chi connectivity index (χ2v) is 4.07. The largest absolute Gasteiger partial charge is 0.383 e. The minimum absolute atomic E-state index is 0.478. The summed E-state index contributed by atoms with van der Waals surface area (Å²) in [5, 5.41) is 3.43. The Balaban J connectivity index is 3.87. The van der Waals surface area contributed by atoms with Crippen LogP contribution in [0.3, 0.4) is 0 Å². The van der Waals surface area contributed by atoms with Crippen LogP contribution in [0.5, 0.6) is 0 Å². The predicted molar refractivity (Wildman–Crippen MR) is 61.7 cm³/mol. The van der Waals surface area contributed by atoms with E-state index >= 15 is 0 Å². The molecule has 0 bridgehead atoms. The molecule has 0 aromatic rings. The molecule has 0 aliphatic rings. The minimum Gasteiger partial charge on any atom is -0.383 e. The lowest BCUT2D eigenvalue weighted by molar-refractivity contribution is 0.0884. The van der Waals surface area contributed by atoms with E-state index in [1.807, 2.05) is 0 Å². The third-order valence-corrected chi connectivity index (χ3v) is 2.56. The molecule has 0 spiro atoms. The van der Waals surface area contributed by atoms with Crippen LogP contribution in [0.15, 0.2) is 0 Å². The zero-order valence-corrected chi connectivity index (χ0v) is 10.3. The molecule has 0 radical (unpaired) electrons. The maximum atomic E-state index is 5.22. The molecule has 1 unspecified atom stereocenters. The Morgan fingerprint density at radius 3 is 2.43 bits per heavy atom. The van der Waals surface area contributed by atoms with E-state index in [2.05, 4.69) is 38.0 Å². The summed E-state index contributed by atoms with van der Waals surface area (Å²) in [6.45, 7) is 9.50. The third-order valence-electron chi connectivity index (χ3n) is 2.56. The Morgan fingerprint density at radius 1 is 1.36 bits per heavy atom. The van der Waals surface area contributed by atoms with Crippen LogP contribution in [0.4, 0.5) is 0 Å². The van der Waals surface area contributed by atoms with Gasteiger partial charge < -0.3 is 10.1 Å². The molecule has 14 heavy (non-hydrogen) atoms. The molecule has 0 aliphatic carbocycles. The number of likely N-dealkylation sites (N-methyl/N-ethyl adjacent to an activating group) is 1. The van der Waals surface area contributed by atoms with Crippen LogP contribution in [0.25, 0.3) is 0 Å². The second-order valence-electron chi connectivity index (χ2n) is 4.07. The Kier molecular flexibility index (Phi) is 8.14. The average molecular weight is 202 g/mol. The fourth-order valence-corrected chi connectivity index (χ4v) is 1.38. The summed E-state index contributed by atoms with van der Waals surface area (Å²) in [6.07, 6.45) is 1.19. The van der Waals surface area contributed by atoms with Gasteiger partial charge in [-0.15, -0.1) is 0 Å². The second kappa shape index (κ2) is 8.21. The van der Waals surface area contributed by atoms with Crippen molar-refractivity contribution in [3.8, 4) is 0 Å². The summed E-state index contributed by atoms with van der Waals surface area (Å²) in [5.74, 6) is 0. The van der Waals surface area contributed by atoms with Crippen LogP contribution in [0, 0.1) is 0 Å². The molecular weight excluding hydrogens is 176 g/mol. The van der Waals surface area contributed by atoms with Gasteiger partial charge in [-0.1, -0.05) is 6.92 Å². The number of rotatable bonds is 8. The first-order valence-corrected chi connectivity index (χ1v) is 5.55. The van der Waals surface area contributed by atoms with Crippen molar-refractivity contribution in [1.29, 1.82) is 0 Å².